The third kappa shape index (κ3) is 3.19. The average molecular weight is 417 g/mol. The Morgan fingerprint density at radius 2 is 1.48 bits per heavy atom. The van der Waals surface area contributed by atoms with Crippen LogP contribution in [0.5, 0.6) is 0 Å². The third-order valence-electron chi connectivity index (χ3n) is 3.48. The van der Waals surface area contributed by atoms with E-state index in [2.05, 4.69) is 27.9 Å². The predicted octanol–water partition coefficient (Wildman–Crippen LogP) is 4.39. The van der Waals surface area contributed by atoms with E-state index in [4.69, 9.17) is 0 Å². The SMILES string of the molecule is O=C(Nc1cc2ccccc2cc1C(=O)O)c1ccccc1I. The van der Waals surface area contributed by atoms with Crippen LogP contribution in [-0.2, 0) is 0 Å². The molecule has 0 spiro atoms. The summed E-state index contributed by atoms with van der Waals surface area (Å²) in [5.74, 6) is -1.40. The lowest BCUT2D eigenvalue weighted by molar-refractivity contribution is 0.0698. The van der Waals surface area contributed by atoms with Crippen molar-refractivity contribution in [3.63, 3.8) is 0 Å². The summed E-state index contributed by atoms with van der Waals surface area (Å²) >= 11 is 2.08. The Hall–Kier alpha value is -2.41. The maximum absolute atomic E-state index is 12.4. The topological polar surface area (TPSA) is 66.4 Å². The quantitative estimate of drug-likeness (QED) is 0.622. The summed E-state index contributed by atoms with van der Waals surface area (Å²) < 4.78 is 0.806. The van der Waals surface area contributed by atoms with Crippen LogP contribution in [0.1, 0.15) is 20.7 Å². The molecule has 0 radical (unpaired) electrons. The largest absolute Gasteiger partial charge is 0.478 e. The molecule has 0 heterocycles. The smallest absolute Gasteiger partial charge is 0.337 e. The number of amides is 1. The van der Waals surface area contributed by atoms with Crippen LogP contribution in [0.15, 0.2) is 60.7 Å². The van der Waals surface area contributed by atoms with Gasteiger partial charge in [0.1, 0.15) is 0 Å². The van der Waals surface area contributed by atoms with E-state index < -0.39 is 5.97 Å². The molecule has 114 valence electrons. The molecule has 0 atom stereocenters. The lowest BCUT2D eigenvalue weighted by Gasteiger charge is -2.11. The van der Waals surface area contributed by atoms with Crippen LogP contribution in [0, 0.1) is 3.57 Å². The molecular weight excluding hydrogens is 405 g/mol. The number of hydrogen-bond acceptors (Lipinski definition) is 2. The van der Waals surface area contributed by atoms with Crippen LogP contribution in [0.25, 0.3) is 10.8 Å². The number of halogens is 1. The first-order valence-electron chi connectivity index (χ1n) is 6.88. The minimum Gasteiger partial charge on any atom is -0.478 e. The maximum Gasteiger partial charge on any atom is 0.337 e. The molecule has 2 N–H and O–H groups in total. The average Bonchev–Trinajstić information content (AvgIpc) is 2.54. The van der Waals surface area contributed by atoms with Gasteiger partial charge in [0.2, 0.25) is 0 Å². The fourth-order valence-corrected chi connectivity index (χ4v) is 2.99. The van der Waals surface area contributed by atoms with Crippen molar-refractivity contribution >= 4 is 50.9 Å². The van der Waals surface area contributed by atoms with Gasteiger partial charge >= 0.3 is 5.97 Å². The second-order valence-electron chi connectivity index (χ2n) is 4.98. The summed E-state index contributed by atoms with van der Waals surface area (Å²) in [7, 11) is 0. The van der Waals surface area contributed by atoms with Crippen molar-refractivity contribution in [3.8, 4) is 0 Å². The lowest BCUT2D eigenvalue weighted by atomic mass is 10.0. The molecule has 23 heavy (non-hydrogen) atoms. The summed E-state index contributed by atoms with van der Waals surface area (Å²) in [6.07, 6.45) is 0. The van der Waals surface area contributed by atoms with Gasteiger partial charge in [0.05, 0.1) is 16.8 Å². The number of nitrogens with one attached hydrogen (secondary N) is 1. The van der Waals surface area contributed by atoms with Gasteiger partial charge in [-0.3, -0.25) is 4.79 Å². The Kier molecular flexibility index (Phi) is 4.29. The molecular formula is C18H12INO3. The molecule has 0 fully saturated rings. The minimum atomic E-state index is -1.08. The van der Waals surface area contributed by atoms with Crippen LogP contribution >= 0.6 is 22.6 Å². The molecule has 5 heteroatoms. The van der Waals surface area contributed by atoms with Crippen LogP contribution in [0.2, 0.25) is 0 Å². The first-order chi connectivity index (χ1) is 11.1. The molecule has 0 saturated carbocycles. The molecule has 0 aromatic heterocycles. The van der Waals surface area contributed by atoms with Gasteiger partial charge in [0.15, 0.2) is 0 Å². The van der Waals surface area contributed by atoms with E-state index in [1.807, 2.05) is 36.4 Å². The van der Waals surface area contributed by atoms with E-state index in [1.165, 1.54) is 0 Å². The van der Waals surface area contributed by atoms with E-state index in [0.29, 0.717) is 11.3 Å². The standard InChI is InChI=1S/C18H12INO3/c19-15-8-4-3-7-13(15)17(21)20-16-10-12-6-2-1-5-11(12)9-14(16)18(22)23/h1-10H,(H,20,21)(H,22,23). The molecule has 0 aliphatic heterocycles. The third-order valence-corrected chi connectivity index (χ3v) is 4.42. The van der Waals surface area contributed by atoms with Crippen molar-refractivity contribution in [2.75, 3.05) is 5.32 Å². The zero-order chi connectivity index (χ0) is 16.4. The highest BCUT2D eigenvalue weighted by molar-refractivity contribution is 14.1. The first-order valence-corrected chi connectivity index (χ1v) is 7.96. The first kappa shape index (κ1) is 15.5. The van der Waals surface area contributed by atoms with Crippen LogP contribution in [0.4, 0.5) is 5.69 Å². The number of fused-ring (bicyclic) bond motifs is 1. The second-order valence-corrected chi connectivity index (χ2v) is 6.15. The number of aromatic carboxylic acids is 1. The zero-order valence-electron chi connectivity index (χ0n) is 11.9. The number of carboxylic acids is 1. The van der Waals surface area contributed by atoms with Crippen molar-refractivity contribution < 1.29 is 14.7 Å². The zero-order valence-corrected chi connectivity index (χ0v) is 14.1. The predicted molar refractivity (Wildman–Crippen MR) is 98.0 cm³/mol. The van der Waals surface area contributed by atoms with E-state index in [0.717, 1.165) is 14.3 Å². The fraction of sp³-hybridized carbons (Fsp3) is 0. The minimum absolute atomic E-state index is 0.0722. The molecule has 0 bridgehead atoms. The number of hydrogen-bond donors (Lipinski definition) is 2. The van der Waals surface area contributed by atoms with Gasteiger partial charge in [0, 0.05) is 3.57 Å². The van der Waals surface area contributed by atoms with E-state index in [-0.39, 0.29) is 11.5 Å². The number of benzene rings is 3. The molecule has 3 aromatic carbocycles. The lowest BCUT2D eigenvalue weighted by Crippen LogP contribution is -2.16. The van der Waals surface area contributed by atoms with Crippen molar-refractivity contribution in [3.05, 3.63) is 75.4 Å². The number of rotatable bonds is 3. The molecule has 0 saturated heterocycles. The number of carbonyl (C=O) groups is 2. The Bertz CT molecular complexity index is 921. The maximum atomic E-state index is 12.4. The van der Waals surface area contributed by atoms with Crippen LogP contribution < -0.4 is 5.32 Å². The second kappa shape index (κ2) is 6.37. The van der Waals surface area contributed by atoms with E-state index >= 15 is 0 Å². The van der Waals surface area contributed by atoms with Gasteiger partial charge in [-0.25, -0.2) is 4.79 Å². The molecule has 0 aliphatic carbocycles. The highest BCUT2D eigenvalue weighted by Gasteiger charge is 2.16. The fourth-order valence-electron chi connectivity index (χ4n) is 2.36. The molecule has 3 rings (SSSR count). The molecule has 4 nitrogen and oxygen atoms in total. The molecule has 3 aromatic rings. The molecule has 0 unspecified atom stereocenters. The van der Waals surface area contributed by atoms with E-state index in [1.54, 1.807) is 24.3 Å². The Labute approximate surface area is 146 Å². The highest BCUT2D eigenvalue weighted by atomic mass is 127. The number of carbonyl (C=O) groups excluding carboxylic acids is 1. The Morgan fingerprint density at radius 3 is 2.13 bits per heavy atom. The van der Waals surface area contributed by atoms with E-state index in [9.17, 15) is 14.7 Å². The Balaban J connectivity index is 2.05. The van der Waals surface area contributed by atoms with Crippen molar-refractivity contribution in [1.29, 1.82) is 0 Å². The number of anilines is 1. The van der Waals surface area contributed by atoms with Crippen molar-refractivity contribution in [2.45, 2.75) is 0 Å². The van der Waals surface area contributed by atoms with Gasteiger partial charge in [-0.15, -0.1) is 0 Å². The van der Waals surface area contributed by atoms with Gasteiger partial charge in [0.25, 0.3) is 5.91 Å². The summed E-state index contributed by atoms with van der Waals surface area (Å²) in [6.45, 7) is 0. The van der Waals surface area contributed by atoms with Crippen molar-refractivity contribution in [1.82, 2.24) is 0 Å². The monoisotopic (exact) mass is 417 g/mol. The normalized spacial score (nSPS) is 10.5. The van der Waals surface area contributed by atoms with Gasteiger partial charge in [-0.2, -0.15) is 0 Å². The van der Waals surface area contributed by atoms with Crippen molar-refractivity contribution in [2.24, 2.45) is 0 Å². The Morgan fingerprint density at radius 1 is 0.870 bits per heavy atom. The summed E-state index contributed by atoms with van der Waals surface area (Å²) in [5, 5.41) is 13.8. The summed E-state index contributed by atoms with van der Waals surface area (Å²) in [6, 6.07) is 17.8. The van der Waals surface area contributed by atoms with Gasteiger partial charge < -0.3 is 10.4 Å². The number of carboxylic acid groups (broad SMARTS) is 1. The van der Waals surface area contributed by atoms with Crippen LogP contribution in [-0.4, -0.2) is 17.0 Å². The van der Waals surface area contributed by atoms with Gasteiger partial charge in [-0.05, 0) is 57.6 Å². The highest BCUT2D eigenvalue weighted by Crippen LogP contribution is 2.25. The summed E-state index contributed by atoms with van der Waals surface area (Å²) in [5.41, 5.74) is 0.876. The molecule has 0 aliphatic rings. The summed E-state index contributed by atoms with van der Waals surface area (Å²) in [4.78, 5) is 23.9. The molecule has 1 amide bonds. The van der Waals surface area contributed by atoms with Gasteiger partial charge in [-0.1, -0.05) is 36.4 Å². The van der Waals surface area contributed by atoms with Crippen LogP contribution in [0.3, 0.4) is 0 Å².